The molecular formula is C36H54F3NO7. The van der Waals surface area contributed by atoms with Crippen LogP contribution in [0.3, 0.4) is 0 Å². The molecule has 0 bridgehead atoms. The summed E-state index contributed by atoms with van der Waals surface area (Å²) < 4.78 is 71.9. The van der Waals surface area contributed by atoms with Crippen LogP contribution in [0.2, 0.25) is 0 Å². The predicted octanol–water partition coefficient (Wildman–Crippen LogP) is 8.61. The van der Waals surface area contributed by atoms with Gasteiger partial charge in [-0.15, -0.1) is 0 Å². The van der Waals surface area contributed by atoms with Gasteiger partial charge in [0.05, 0.1) is 76.3 Å². The normalized spacial score (nSPS) is 11.6. The minimum Gasteiger partial charge on any atom is -0.460 e. The first kappa shape index (κ1) is 40.5. The van der Waals surface area contributed by atoms with E-state index in [2.05, 4.69) is 12.2 Å². The minimum absolute atomic E-state index is 0.0180. The van der Waals surface area contributed by atoms with Crippen molar-refractivity contribution in [3.05, 3.63) is 59.7 Å². The van der Waals surface area contributed by atoms with Crippen molar-refractivity contribution in [2.45, 2.75) is 77.3 Å². The molecule has 0 aromatic heterocycles. The van der Waals surface area contributed by atoms with Gasteiger partial charge in [-0.1, -0.05) is 82.9 Å². The molecule has 0 fully saturated rings. The maximum absolute atomic E-state index is 13.0. The summed E-state index contributed by atoms with van der Waals surface area (Å²) in [4.78, 5) is 12.6. The molecule has 2 aromatic carbocycles. The SMILES string of the molecule is CCCCCCCCCCCCOCCOCCOCCOCCOCCOC(=O)c1ccccc1Nc1cccc(C(F)(F)F)c1. The van der Waals surface area contributed by atoms with Gasteiger partial charge in [-0.3, -0.25) is 0 Å². The number of halogens is 3. The molecule has 47 heavy (non-hydrogen) atoms. The topological polar surface area (TPSA) is 84.5 Å². The third-order valence-electron chi connectivity index (χ3n) is 7.21. The van der Waals surface area contributed by atoms with Gasteiger partial charge in [0, 0.05) is 12.3 Å². The number of nitrogens with one attached hydrogen (secondary N) is 1. The lowest BCUT2D eigenvalue weighted by atomic mass is 10.1. The molecule has 2 aromatic rings. The second-order valence-corrected chi connectivity index (χ2v) is 11.1. The lowest BCUT2D eigenvalue weighted by Crippen LogP contribution is -2.15. The van der Waals surface area contributed by atoms with E-state index in [0.29, 0.717) is 58.5 Å². The van der Waals surface area contributed by atoms with Crippen molar-refractivity contribution in [3.8, 4) is 0 Å². The highest BCUT2D eigenvalue weighted by Gasteiger charge is 2.30. The Balaban J connectivity index is 1.37. The van der Waals surface area contributed by atoms with Crippen LogP contribution in [0, 0.1) is 0 Å². The summed E-state index contributed by atoms with van der Waals surface area (Å²) in [5.74, 6) is -0.613. The van der Waals surface area contributed by atoms with Crippen molar-refractivity contribution >= 4 is 17.3 Å². The minimum atomic E-state index is -4.47. The van der Waals surface area contributed by atoms with Gasteiger partial charge in [0.2, 0.25) is 0 Å². The zero-order valence-electron chi connectivity index (χ0n) is 28.0. The van der Waals surface area contributed by atoms with Gasteiger partial charge >= 0.3 is 12.1 Å². The maximum Gasteiger partial charge on any atom is 0.416 e. The highest BCUT2D eigenvalue weighted by atomic mass is 19.4. The molecule has 1 N–H and O–H groups in total. The second-order valence-electron chi connectivity index (χ2n) is 11.1. The number of alkyl halides is 3. The number of anilines is 2. The number of hydrogen-bond acceptors (Lipinski definition) is 8. The Morgan fingerprint density at radius 2 is 1.09 bits per heavy atom. The molecule has 0 spiro atoms. The Morgan fingerprint density at radius 1 is 0.596 bits per heavy atom. The Hall–Kier alpha value is -2.70. The van der Waals surface area contributed by atoms with Gasteiger partial charge in [-0.2, -0.15) is 13.2 Å². The van der Waals surface area contributed by atoms with Crippen molar-refractivity contribution in [1.29, 1.82) is 0 Å². The van der Waals surface area contributed by atoms with E-state index in [1.807, 2.05) is 0 Å². The number of hydrogen-bond donors (Lipinski definition) is 1. The molecular weight excluding hydrogens is 615 g/mol. The van der Waals surface area contributed by atoms with Crippen LogP contribution in [0.25, 0.3) is 0 Å². The molecule has 0 aliphatic carbocycles. The fraction of sp³-hybridized carbons (Fsp3) is 0.639. The fourth-order valence-electron chi connectivity index (χ4n) is 4.64. The van der Waals surface area contributed by atoms with E-state index in [0.717, 1.165) is 25.2 Å². The molecule has 266 valence electrons. The average Bonchev–Trinajstić information content (AvgIpc) is 3.06. The largest absolute Gasteiger partial charge is 0.460 e. The van der Waals surface area contributed by atoms with E-state index in [4.69, 9.17) is 28.4 Å². The van der Waals surface area contributed by atoms with Gasteiger partial charge < -0.3 is 33.7 Å². The number of carbonyl (C=O) groups excluding carboxylic acids is 1. The van der Waals surface area contributed by atoms with E-state index in [1.54, 1.807) is 18.2 Å². The van der Waals surface area contributed by atoms with Crippen molar-refractivity contribution < 1.29 is 46.4 Å². The predicted molar refractivity (Wildman–Crippen MR) is 177 cm³/mol. The summed E-state index contributed by atoms with van der Waals surface area (Å²) in [6.07, 6.45) is 8.71. The molecule has 11 heteroatoms. The van der Waals surface area contributed by atoms with Crippen molar-refractivity contribution in [2.75, 3.05) is 78.0 Å². The molecule has 0 aliphatic heterocycles. The van der Waals surface area contributed by atoms with Crippen LogP contribution in [0.15, 0.2) is 48.5 Å². The van der Waals surface area contributed by atoms with E-state index in [-0.39, 0.29) is 24.5 Å². The van der Waals surface area contributed by atoms with Crippen molar-refractivity contribution in [3.63, 3.8) is 0 Å². The monoisotopic (exact) mass is 669 g/mol. The Labute approximate surface area is 278 Å². The van der Waals surface area contributed by atoms with Crippen molar-refractivity contribution in [2.24, 2.45) is 0 Å². The summed E-state index contributed by atoms with van der Waals surface area (Å²) in [5, 5.41) is 2.87. The zero-order chi connectivity index (χ0) is 33.8. The maximum atomic E-state index is 13.0. The first-order valence-corrected chi connectivity index (χ1v) is 17.0. The number of esters is 1. The van der Waals surface area contributed by atoms with Crippen molar-refractivity contribution in [1.82, 2.24) is 0 Å². The molecule has 0 atom stereocenters. The van der Waals surface area contributed by atoms with Crippen LogP contribution in [0.5, 0.6) is 0 Å². The third kappa shape index (κ3) is 20.3. The lowest BCUT2D eigenvalue weighted by molar-refractivity contribution is -0.137. The highest BCUT2D eigenvalue weighted by molar-refractivity contribution is 5.96. The fourth-order valence-corrected chi connectivity index (χ4v) is 4.64. The van der Waals surface area contributed by atoms with E-state index >= 15 is 0 Å². The van der Waals surface area contributed by atoms with Gasteiger partial charge in [0.15, 0.2) is 0 Å². The van der Waals surface area contributed by atoms with Gasteiger partial charge in [0.25, 0.3) is 0 Å². The number of ether oxygens (including phenoxy) is 6. The number of carbonyl (C=O) groups is 1. The standard InChI is InChI=1S/C36H54F3NO7/c1-2-3-4-5-6-7-8-9-10-13-19-42-20-21-43-22-23-44-24-25-45-26-27-46-28-29-47-35(41)33-17-11-12-18-34(33)40-32-16-14-15-31(30-32)36(37,38)39/h11-12,14-18,30,40H,2-10,13,19-29H2,1H3. The van der Waals surface area contributed by atoms with Crippen LogP contribution in [-0.4, -0.2) is 78.6 Å². The zero-order valence-corrected chi connectivity index (χ0v) is 28.0. The van der Waals surface area contributed by atoms with Crippen LogP contribution < -0.4 is 5.32 Å². The summed E-state index contributed by atoms with van der Waals surface area (Å²) in [7, 11) is 0. The van der Waals surface area contributed by atoms with Gasteiger partial charge in [-0.05, 0) is 36.8 Å². The smallest absolute Gasteiger partial charge is 0.416 e. The molecule has 0 unspecified atom stereocenters. The summed E-state index contributed by atoms with van der Waals surface area (Å²) in [5.41, 5.74) is -0.0416. The quantitative estimate of drug-likeness (QED) is 0.0681. The summed E-state index contributed by atoms with van der Waals surface area (Å²) in [6.45, 7) is 6.98. The summed E-state index contributed by atoms with van der Waals surface area (Å²) >= 11 is 0. The first-order valence-electron chi connectivity index (χ1n) is 17.0. The number of rotatable bonds is 29. The van der Waals surface area contributed by atoms with E-state index < -0.39 is 17.7 Å². The summed E-state index contributed by atoms with van der Waals surface area (Å²) in [6, 6.07) is 11.2. The van der Waals surface area contributed by atoms with Gasteiger partial charge in [-0.25, -0.2) is 4.79 Å². The molecule has 0 aliphatic rings. The number of benzene rings is 2. The Bertz CT molecular complexity index is 1070. The molecule has 0 heterocycles. The van der Waals surface area contributed by atoms with E-state index in [9.17, 15) is 18.0 Å². The Kier molecular flexibility index (Phi) is 22.6. The Morgan fingerprint density at radius 3 is 1.64 bits per heavy atom. The lowest BCUT2D eigenvalue weighted by Gasteiger charge is -2.13. The second kappa shape index (κ2) is 26.3. The molecule has 8 nitrogen and oxygen atoms in total. The average molecular weight is 670 g/mol. The van der Waals surface area contributed by atoms with E-state index in [1.165, 1.54) is 76.0 Å². The molecule has 0 saturated carbocycles. The molecule has 0 amide bonds. The van der Waals surface area contributed by atoms with Crippen LogP contribution in [0.4, 0.5) is 24.5 Å². The number of unbranched alkanes of at least 4 members (excludes halogenated alkanes) is 9. The van der Waals surface area contributed by atoms with Gasteiger partial charge in [0.1, 0.15) is 6.61 Å². The molecule has 2 rings (SSSR count). The third-order valence-corrected chi connectivity index (χ3v) is 7.21. The molecule has 0 saturated heterocycles. The van der Waals surface area contributed by atoms with Crippen LogP contribution >= 0.6 is 0 Å². The first-order chi connectivity index (χ1) is 22.9. The molecule has 0 radical (unpaired) electrons. The van der Waals surface area contributed by atoms with Crippen LogP contribution in [-0.2, 0) is 34.6 Å². The highest BCUT2D eigenvalue weighted by Crippen LogP contribution is 2.32. The van der Waals surface area contributed by atoms with Crippen LogP contribution in [0.1, 0.15) is 87.1 Å². The number of para-hydroxylation sites is 1.